The molecule has 0 radical (unpaired) electrons. The number of phenols is 1. The Morgan fingerprint density at radius 3 is 1.15 bits per heavy atom. The van der Waals surface area contributed by atoms with E-state index in [1.807, 2.05) is 118 Å². The minimum absolute atomic E-state index is 0. The highest BCUT2D eigenvalue weighted by Crippen LogP contribution is 2.46. The van der Waals surface area contributed by atoms with Crippen LogP contribution in [0.3, 0.4) is 0 Å². The number of fused-ring (bicyclic) bond motifs is 6. The highest BCUT2D eigenvalue weighted by molar-refractivity contribution is 7.86. The summed E-state index contributed by atoms with van der Waals surface area (Å²) in [4.78, 5) is 37.2. The van der Waals surface area contributed by atoms with Crippen molar-refractivity contribution in [2.45, 2.75) is 138 Å². The Balaban J connectivity index is 0.000000170. The van der Waals surface area contributed by atoms with Gasteiger partial charge in [-0.15, -0.1) is 0 Å². The Bertz CT molecular complexity index is 5760. The Hall–Kier alpha value is -12.4. The number of methoxy groups -OCH3 is 3. The number of aromatic nitrogens is 3. The molecule has 17 rings (SSSR count). The van der Waals surface area contributed by atoms with Crippen LogP contribution in [0.25, 0.3) is 50.9 Å². The van der Waals surface area contributed by atoms with Gasteiger partial charge in [0.15, 0.2) is 69.2 Å². The van der Waals surface area contributed by atoms with Crippen LogP contribution in [0, 0.1) is 17.5 Å². The number of amides is 2. The number of aromatic hydroxyl groups is 1. The molecule has 0 saturated heterocycles. The number of ether oxygens (including phenoxy) is 10. The van der Waals surface area contributed by atoms with E-state index in [0.29, 0.717) is 115 Å². The van der Waals surface area contributed by atoms with Crippen LogP contribution in [0.5, 0.6) is 69.0 Å². The number of alkyl carbamates (subject to hydrolysis) is 2. The van der Waals surface area contributed by atoms with Gasteiger partial charge in [0.05, 0.1) is 67.4 Å². The molecule has 626 valence electrons. The molecule has 11 aromatic rings. The molecule has 0 unspecified atom stereocenters. The van der Waals surface area contributed by atoms with Crippen LogP contribution in [-0.4, -0.2) is 105 Å². The number of allylic oxidation sites excluding steroid dienone is 3. The quantitative estimate of drug-likeness (QED) is 0.0409. The monoisotopic (exact) mass is 1650 g/mol. The summed E-state index contributed by atoms with van der Waals surface area (Å²) >= 11 is 0. The van der Waals surface area contributed by atoms with Crippen molar-refractivity contribution < 1.29 is 87.8 Å². The van der Waals surface area contributed by atoms with E-state index in [4.69, 9.17) is 57.3 Å². The first-order chi connectivity index (χ1) is 55.3. The Kier molecular flexibility index (Phi) is 28.3. The third-order valence-electron chi connectivity index (χ3n) is 20.2. The summed E-state index contributed by atoms with van der Waals surface area (Å²) in [5.41, 5.74) is 16.5. The average Bonchev–Trinajstić information content (AvgIpc) is 1.34. The third-order valence-corrected chi connectivity index (χ3v) is 20.8. The fraction of sp³-hybridized carbons (Fsp3) is 0.301. The molecule has 3 saturated carbocycles. The summed E-state index contributed by atoms with van der Waals surface area (Å²) in [5, 5.41) is 17.5. The lowest BCUT2D eigenvalue weighted by atomic mass is 10.1. The summed E-state index contributed by atoms with van der Waals surface area (Å²) in [5.74, 6) is 3.17. The lowest BCUT2D eigenvalue weighted by Gasteiger charge is -2.20. The Morgan fingerprint density at radius 1 is 0.445 bits per heavy atom. The van der Waals surface area contributed by atoms with Crippen molar-refractivity contribution in [2.24, 2.45) is 5.73 Å². The molecule has 0 bridgehead atoms. The number of pyridine rings is 3. The SMILES string of the molecule is C.C.C.C.COc1cc2c(Oc3ccc4c(c3F)C=C(C)C4)ccnc2cc1O.COc1cc2c(Oc3ccc4c(c3F)C=C(C)C4)ccnc2cc1OCC1(N)CC1.COc1cc2c(Oc3ccc4c(c3F)C=C(C)C4)ccnc2cc1OCC1(NC(=O)OCc2ccccc2)CC1.CS(=O)(=O)OCC1(NC(=O)OCc2ccccc2)CC1. The number of carbonyl (C=O) groups excluding carboxylic acids is 2. The first kappa shape index (κ1) is 89.0. The van der Waals surface area contributed by atoms with E-state index >= 15 is 8.78 Å². The lowest BCUT2D eigenvalue weighted by Crippen LogP contribution is -2.41. The van der Waals surface area contributed by atoms with Gasteiger partial charge in [0, 0.05) is 69.6 Å². The van der Waals surface area contributed by atoms with Crippen LogP contribution >= 0.6 is 0 Å². The number of halogens is 3. The first-order valence-electron chi connectivity index (χ1n) is 37.3. The normalized spacial score (nSPS) is 14.5. The molecule has 22 nitrogen and oxygen atoms in total. The largest absolute Gasteiger partial charge is 0.504 e. The predicted octanol–water partition coefficient (Wildman–Crippen LogP) is 20.8. The van der Waals surface area contributed by atoms with Gasteiger partial charge in [-0.1, -0.05) is 144 Å². The summed E-state index contributed by atoms with van der Waals surface area (Å²) in [6, 6.07) is 44.8. The maximum atomic E-state index is 15.2. The number of rotatable bonds is 24. The number of nitrogens with one attached hydrogen (secondary N) is 2. The molecule has 0 spiro atoms. The number of hydrogen-bond acceptors (Lipinski definition) is 20. The van der Waals surface area contributed by atoms with E-state index in [0.717, 1.165) is 95.7 Å². The van der Waals surface area contributed by atoms with E-state index in [1.54, 1.807) is 99.5 Å². The summed E-state index contributed by atoms with van der Waals surface area (Å²) in [7, 11) is 1.09. The van der Waals surface area contributed by atoms with E-state index in [1.165, 1.54) is 13.2 Å². The van der Waals surface area contributed by atoms with Crippen LogP contribution in [0.1, 0.15) is 134 Å². The highest BCUT2D eigenvalue weighted by Gasteiger charge is 2.47. The summed E-state index contributed by atoms with van der Waals surface area (Å²) in [6.45, 7) is 6.97. The molecule has 6 aliphatic rings. The minimum Gasteiger partial charge on any atom is -0.504 e. The standard InChI is InChI=1S/C32H29FN2O5.C24H23FN2O3.C20H16FNO3.C13H17NO5S.4CH4/c1-20-14-22-8-9-27(30(33)23(22)15-20)40-26-10-13-34-25-17-29(28(37-2)16-24(25)26)39-19-32(11-12-32)35-31(36)38-18-21-6-4-3-5-7-21;1-14-9-15-3-4-20(23(25)16(15)10-14)30-19-5-8-27-18-12-22(21(28-2)11-17(18)19)29-13-24(26)6-7-24;1-11-7-12-3-4-18(20(21)13(12)8-11)25-17-5-6-22-15-10-16(23)19(24-2)9-14(15)17;1-20(16,17)19-10-13(7-8-13)14-12(15)18-9-11-5-3-2-4-6-11;;;;/h3-10,13,15-17H,11-12,14,18-19H2,1-2H3,(H,35,36);3-5,8,10-12H,6-7,9,13,26H2,1-2H3;3-6,8-10,23H,7H2,1-2H3;2-6H,7-10H2,1H3,(H,14,15);4*1H4. The fourth-order valence-electron chi connectivity index (χ4n) is 13.3. The maximum Gasteiger partial charge on any atom is 0.408 e. The molecule has 119 heavy (non-hydrogen) atoms. The fourth-order valence-corrected chi connectivity index (χ4v) is 13.8. The van der Waals surface area contributed by atoms with Crippen molar-refractivity contribution in [3.8, 4) is 69.0 Å². The number of benzene rings is 8. The topological polar surface area (TPSA) is 279 Å². The lowest BCUT2D eigenvalue weighted by molar-refractivity contribution is 0.128. The summed E-state index contributed by atoms with van der Waals surface area (Å²) in [6.07, 6.45) is 17.4. The second-order valence-electron chi connectivity index (χ2n) is 29.5. The van der Waals surface area contributed by atoms with E-state index < -0.39 is 33.4 Å². The van der Waals surface area contributed by atoms with Crippen molar-refractivity contribution in [3.05, 3.63) is 249 Å². The molecule has 6 aliphatic carbocycles. The molecule has 3 fully saturated rings. The molecule has 0 aliphatic heterocycles. The van der Waals surface area contributed by atoms with Gasteiger partial charge < -0.3 is 68.8 Å². The molecule has 0 atom stereocenters. The maximum absolute atomic E-state index is 15.2. The Labute approximate surface area is 692 Å². The molecule has 3 heterocycles. The van der Waals surface area contributed by atoms with Crippen LogP contribution < -0.4 is 54.3 Å². The van der Waals surface area contributed by atoms with Gasteiger partial charge in [-0.25, -0.2) is 22.8 Å². The first-order valence-corrected chi connectivity index (χ1v) is 39.1. The zero-order valence-corrected chi connectivity index (χ0v) is 65.1. The van der Waals surface area contributed by atoms with Crippen molar-refractivity contribution in [3.63, 3.8) is 0 Å². The van der Waals surface area contributed by atoms with Gasteiger partial charge >= 0.3 is 12.2 Å². The van der Waals surface area contributed by atoms with Crippen molar-refractivity contribution in [1.29, 1.82) is 0 Å². The highest BCUT2D eigenvalue weighted by atomic mass is 32.2. The van der Waals surface area contributed by atoms with E-state index in [9.17, 15) is 27.5 Å². The van der Waals surface area contributed by atoms with Gasteiger partial charge in [0.1, 0.15) is 43.7 Å². The van der Waals surface area contributed by atoms with Gasteiger partial charge in [0.2, 0.25) is 0 Å². The van der Waals surface area contributed by atoms with Crippen LogP contribution in [0.2, 0.25) is 0 Å². The smallest absolute Gasteiger partial charge is 0.408 e. The number of hydrogen-bond donors (Lipinski definition) is 4. The molecule has 5 N–H and O–H groups in total. The number of carbonyl (C=O) groups is 2. The summed E-state index contributed by atoms with van der Waals surface area (Å²) < 4.78 is 128. The van der Waals surface area contributed by atoms with Crippen LogP contribution in [0.4, 0.5) is 22.8 Å². The van der Waals surface area contributed by atoms with Crippen molar-refractivity contribution >= 4 is 73.2 Å². The molecule has 26 heteroatoms. The van der Waals surface area contributed by atoms with Gasteiger partial charge in [-0.05, 0) is 161 Å². The molecular weight excluding hydrogens is 1550 g/mol. The van der Waals surface area contributed by atoms with E-state index in [2.05, 4.69) is 25.6 Å². The second-order valence-corrected chi connectivity index (χ2v) is 31.2. The molecular formula is C93H101F3N6O16S. The second kappa shape index (κ2) is 37.9. The van der Waals surface area contributed by atoms with Crippen molar-refractivity contribution in [1.82, 2.24) is 25.6 Å². The zero-order chi connectivity index (χ0) is 80.8. The average molecular weight is 1650 g/mol. The molecule has 8 aromatic carbocycles. The van der Waals surface area contributed by atoms with Crippen LogP contribution in [-0.2, 0) is 56.3 Å². The van der Waals surface area contributed by atoms with Crippen molar-refractivity contribution in [2.75, 3.05) is 47.4 Å². The third kappa shape index (κ3) is 21.7. The van der Waals surface area contributed by atoms with E-state index in [-0.39, 0.29) is 102 Å². The predicted molar refractivity (Wildman–Crippen MR) is 456 cm³/mol. The zero-order valence-electron chi connectivity index (χ0n) is 64.3. The van der Waals surface area contributed by atoms with Gasteiger partial charge in [-0.2, -0.15) is 8.42 Å². The van der Waals surface area contributed by atoms with Gasteiger partial charge in [-0.3, -0.25) is 19.1 Å². The van der Waals surface area contributed by atoms with Crippen LogP contribution in [0.15, 0.2) is 187 Å². The number of nitrogens with two attached hydrogens (primary N) is 1. The molecule has 3 aromatic heterocycles. The van der Waals surface area contributed by atoms with Gasteiger partial charge in [0.25, 0.3) is 10.1 Å². The Morgan fingerprint density at radius 2 is 0.798 bits per heavy atom. The minimum atomic E-state index is -3.50. The number of phenolic OH excluding ortho intramolecular Hbond substituents is 1. The number of nitrogens with zero attached hydrogens (tertiary/aromatic N) is 3. The molecule has 2 amide bonds.